The highest BCUT2D eigenvalue weighted by atomic mass is 35.5. The third kappa shape index (κ3) is 2.48. The number of aromatic nitrogens is 2. The van der Waals surface area contributed by atoms with E-state index in [-0.39, 0.29) is 5.82 Å². The average Bonchev–Trinajstić information content (AvgIpc) is 2.53. The van der Waals surface area contributed by atoms with Crippen molar-refractivity contribution >= 4 is 17.3 Å². The molecular formula is C13H15ClFN3. The molecule has 0 fully saturated rings. The lowest BCUT2D eigenvalue weighted by Crippen LogP contribution is -2.03. The summed E-state index contributed by atoms with van der Waals surface area (Å²) in [4.78, 5) is 0. The second-order valence-electron chi connectivity index (χ2n) is 4.25. The molecule has 1 aromatic carbocycles. The van der Waals surface area contributed by atoms with E-state index in [1.165, 1.54) is 12.1 Å². The van der Waals surface area contributed by atoms with E-state index in [9.17, 15) is 4.39 Å². The van der Waals surface area contributed by atoms with Crippen molar-refractivity contribution in [1.82, 2.24) is 9.78 Å². The molecule has 0 amide bonds. The van der Waals surface area contributed by atoms with Gasteiger partial charge in [0.2, 0.25) is 0 Å². The molecule has 0 bridgehead atoms. The summed E-state index contributed by atoms with van der Waals surface area (Å²) < 4.78 is 14.8. The monoisotopic (exact) mass is 267 g/mol. The molecule has 0 unspecified atom stereocenters. The van der Waals surface area contributed by atoms with Gasteiger partial charge in [0.1, 0.15) is 5.82 Å². The van der Waals surface area contributed by atoms with Crippen LogP contribution in [0.5, 0.6) is 0 Å². The number of rotatable bonds is 3. The number of hydrogen-bond acceptors (Lipinski definition) is 2. The van der Waals surface area contributed by atoms with E-state index in [0.717, 1.165) is 22.6 Å². The quantitative estimate of drug-likeness (QED) is 0.923. The zero-order valence-electron chi connectivity index (χ0n) is 10.6. The summed E-state index contributed by atoms with van der Waals surface area (Å²) in [7, 11) is 1.91. The Labute approximate surface area is 111 Å². The number of nitrogens with zero attached hydrogens (tertiary/aromatic N) is 2. The van der Waals surface area contributed by atoms with Gasteiger partial charge in [0.15, 0.2) is 0 Å². The van der Waals surface area contributed by atoms with Crippen molar-refractivity contribution in [1.29, 1.82) is 0 Å². The molecule has 2 rings (SSSR count). The first-order valence-corrected chi connectivity index (χ1v) is 6.05. The lowest BCUT2D eigenvalue weighted by atomic mass is 10.2. The normalized spacial score (nSPS) is 10.7. The molecule has 2 aromatic rings. The van der Waals surface area contributed by atoms with Gasteiger partial charge in [-0.3, -0.25) is 4.68 Å². The molecule has 1 heterocycles. The number of nitrogens with one attached hydrogen (secondary N) is 1. The molecule has 0 saturated heterocycles. The SMILES string of the molecule is Cc1nn(C)c(C)c1CNc1ccc(F)cc1Cl. The maximum atomic E-state index is 12.9. The zero-order valence-corrected chi connectivity index (χ0v) is 11.3. The van der Waals surface area contributed by atoms with E-state index in [1.54, 1.807) is 6.07 Å². The smallest absolute Gasteiger partial charge is 0.124 e. The summed E-state index contributed by atoms with van der Waals surface area (Å²) in [6, 6.07) is 4.32. The van der Waals surface area contributed by atoms with Crippen LogP contribution < -0.4 is 5.32 Å². The summed E-state index contributed by atoms with van der Waals surface area (Å²) >= 11 is 5.96. The van der Waals surface area contributed by atoms with Crippen LogP contribution in [0.2, 0.25) is 5.02 Å². The number of anilines is 1. The fraction of sp³-hybridized carbons (Fsp3) is 0.308. The fourth-order valence-corrected chi connectivity index (χ4v) is 2.12. The molecule has 0 saturated carbocycles. The highest BCUT2D eigenvalue weighted by Crippen LogP contribution is 2.23. The minimum Gasteiger partial charge on any atom is -0.380 e. The van der Waals surface area contributed by atoms with Crippen molar-refractivity contribution in [3.63, 3.8) is 0 Å². The van der Waals surface area contributed by atoms with Crippen LogP contribution in [0.4, 0.5) is 10.1 Å². The standard InChI is InChI=1S/C13H15ClFN3/c1-8-11(9(2)18(3)17-8)7-16-13-5-4-10(15)6-12(13)14/h4-6,16H,7H2,1-3H3. The molecule has 3 nitrogen and oxygen atoms in total. The maximum Gasteiger partial charge on any atom is 0.124 e. The molecule has 0 radical (unpaired) electrons. The van der Waals surface area contributed by atoms with Crippen LogP contribution in [-0.4, -0.2) is 9.78 Å². The second-order valence-corrected chi connectivity index (χ2v) is 4.66. The fourth-order valence-electron chi connectivity index (χ4n) is 1.89. The maximum absolute atomic E-state index is 12.9. The third-order valence-corrected chi connectivity index (χ3v) is 3.36. The van der Waals surface area contributed by atoms with Gasteiger partial charge in [-0.05, 0) is 32.0 Å². The Morgan fingerprint density at radius 2 is 2.11 bits per heavy atom. The molecule has 0 spiro atoms. The Hall–Kier alpha value is -1.55. The zero-order chi connectivity index (χ0) is 13.3. The molecule has 0 aliphatic carbocycles. The molecule has 0 aliphatic rings. The Kier molecular flexibility index (Phi) is 3.57. The van der Waals surface area contributed by atoms with Gasteiger partial charge in [0, 0.05) is 24.8 Å². The van der Waals surface area contributed by atoms with Crippen LogP contribution in [0.3, 0.4) is 0 Å². The van der Waals surface area contributed by atoms with E-state index >= 15 is 0 Å². The van der Waals surface area contributed by atoms with Gasteiger partial charge in [0.25, 0.3) is 0 Å². The van der Waals surface area contributed by atoms with E-state index < -0.39 is 0 Å². The van der Waals surface area contributed by atoms with Crippen LogP contribution >= 0.6 is 11.6 Å². The van der Waals surface area contributed by atoms with Crippen molar-refractivity contribution in [2.75, 3.05) is 5.32 Å². The van der Waals surface area contributed by atoms with Crippen LogP contribution in [0.15, 0.2) is 18.2 Å². The lowest BCUT2D eigenvalue weighted by molar-refractivity contribution is 0.628. The minimum atomic E-state index is -0.334. The summed E-state index contributed by atoms with van der Waals surface area (Å²) in [5.74, 6) is -0.334. The van der Waals surface area contributed by atoms with Gasteiger partial charge in [-0.2, -0.15) is 5.10 Å². The van der Waals surface area contributed by atoms with Gasteiger partial charge < -0.3 is 5.32 Å². The van der Waals surface area contributed by atoms with Crippen molar-refractivity contribution in [2.45, 2.75) is 20.4 Å². The Morgan fingerprint density at radius 3 is 2.67 bits per heavy atom. The first kappa shape index (κ1) is 12.9. The largest absolute Gasteiger partial charge is 0.380 e. The van der Waals surface area contributed by atoms with E-state index in [2.05, 4.69) is 10.4 Å². The molecule has 1 aromatic heterocycles. The van der Waals surface area contributed by atoms with Crippen molar-refractivity contribution in [2.24, 2.45) is 7.05 Å². The Morgan fingerprint density at radius 1 is 1.39 bits per heavy atom. The molecule has 5 heteroatoms. The minimum absolute atomic E-state index is 0.334. The summed E-state index contributed by atoms with van der Waals surface area (Å²) in [6.07, 6.45) is 0. The predicted octanol–water partition coefficient (Wildman–Crippen LogP) is 3.44. The topological polar surface area (TPSA) is 29.9 Å². The van der Waals surface area contributed by atoms with Gasteiger partial charge in [0.05, 0.1) is 16.4 Å². The van der Waals surface area contributed by atoms with Crippen LogP contribution in [0.25, 0.3) is 0 Å². The molecule has 18 heavy (non-hydrogen) atoms. The second kappa shape index (κ2) is 4.98. The summed E-state index contributed by atoms with van der Waals surface area (Å²) in [6.45, 7) is 4.61. The van der Waals surface area contributed by atoms with Gasteiger partial charge in [-0.25, -0.2) is 4.39 Å². The molecule has 1 N–H and O–H groups in total. The van der Waals surface area contributed by atoms with Gasteiger partial charge in [-0.1, -0.05) is 11.6 Å². The van der Waals surface area contributed by atoms with Crippen LogP contribution in [0.1, 0.15) is 17.0 Å². The number of aryl methyl sites for hydroxylation is 2. The number of hydrogen-bond donors (Lipinski definition) is 1. The molecular weight excluding hydrogens is 253 g/mol. The third-order valence-electron chi connectivity index (χ3n) is 3.05. The Bertz CT molecular complexity index is 578. The van der Waals surface area contributed by atoms with Crippen molar-refractivity contribution in [3.05, 3.63) is 46.0 Å². The van der Waals surface area contributed by atoms with Crippen molar-refractivity contribution < 1.29 is 4.39 Å². The first-order valence-electron chi connectivity index (χ1n) is 5.67. The highest BCUT2D eigenvalue weighted by Gasteiger charge is 2.09. The van der Waals surface area contributed by atoms with E-state index in [1.807, 2.05) is 25.6 Å². The molecule has 96 valence electrons. The Balaban J connectivity index is 2.16. The van der Waals surface area contributed by atoms with E-state index in [4.69, 9.17) is 11.6 Å². The molecule has 0 atom stereocenters. The van der Waals surface area contributed by atoms with Crippen molar-refractivity contribution in [3.8, 4) is 0 Å². The van der Waals surface area contributed by atoms with Crippen LogP contribution in [0, 0.1) is 19.7 Å². The number of benzene rings is 1. The lowest BCUT2D eigenvalue weighted by Gasteiger charge is -2.08. The summed E-state index contributed by atoms with van der Waals surface area (Å²) in [5.41, 5.74) is 3.96. The van der Waals surface area contributed by atoms with Crippen LogP contribution in [-0.2, 0) is 13.6 Å². The van der Waals surface area contributed by atoms with Gasteiger partial charge >= 0.3 is 0 Å². The first-order chi connectivity index (χ1) is 8.49. The molecule has 0 aliphatic heterocycles. The summed E-state index contributed by atoms with van der Waals surface area (Å²) in [5, 5.41) is 7.93. The number of halogens is 2. The predicted molar refractivity (Wildman–Crippen MR) is 71.4 cm³/mol. The highest BCUT2D eigenvalue weighted by molar-refractivity contribution is 6.33. The average molecular weight is 268 g/mol. The van der Waals surface area contributed by atoms with E-state index in [0.29, 0.717) is 11.6 Å². The van der Waals surface area contributed by atoms with Gasteiger partial charge in [-0.15, -0.1) is 0 Å².